The maximum absolute atomic E-state index is 11.1. The summed E-state index contributed by atoms with van der Waals surface area (Å²) < 4.78 is 24.6. The van der Waals surface area contributed by atoms with Crippen molar-refractivity contribution in [2.75, 3.05) is 16.3 Å². The van der Waals surface area contributed by atoms with Gasteiger partial charge in [-0.05, 0) is 31.2 Å². The van der Waals surface area contributed by atoms with Gasteiger partial charge in [0.15, 0.2) is 0 Å². The molecular formula is C12H15N3O2S2. The first-order valence-corrected chi connectivity index (χ1v) is 8.45. The molecule has 0 saturated heterocycles. The van der Waals surface area contributed by atoms with Crippen LogP contribution in [0.3, 0.4) is 0 Å². The van der Waals surface area contributed by atoms with Crippen molar-refractivity contribution in [1.82, 2.24) is 4.98 Å². The molecule has 0 saturated carbocycles. The second-order valence-electron chi connectivity index (χ2n) is 4.19. The lowest BCUT2D eigenvalue weighted by atomic mass is 10.2. The molecule has 0 aliphatic carbocycles. The molecule has 1 atom stereocenters. The fourth-order valence-corrected chi connectivity index (χ4v) is 2.82. The molecule has 0 aliphatic rings. The van der Waals surface area contributed by atoms with E-state index in [1.807, 2.05) is 24.4 Å². The van der Waals surface area contributed by atoms with Gasteiger partial charge in [0, 0.05) is 23.0 Å². The number of hydrogen-bond donors (Lipinski definition) is 2. The first kappa shape index (κ1) is 13.8. The van der Waals surface area contributed by atoms with E-state index in [0.29, 0.717) is 5.69 Å². The van der Waals surface area contributed by atoms with Gasteiger partial charge in [0.05, 0.1) is 12.3 Å². The number of aromatic nitrogens is 1. The SMILES string of the molecule is CC(Nc1ccc(NS(C)(=O)=O)cc1)c1nccs1. The molecule has 1 aromatic carbocycles. The second-order valence-corrected chi connectivity index (χ2v) is 6.86. The fourth-order valence-electron chi connectivity index (χ4n) is 1.61. The topological polar surface area (TPSA) is 71.1 Å². The van der Waals surface area contributed by atoms with Gasteiger partial charge in [-0.2, -0.15) is 0 Å². The number of nitrogens with one attached hydrogen (secondary N) is 2. The van der Waals surface area contributed by atoms with Gasteiger partial charge in [-0.25, -0.2) is 13.4 Å². The van der Waals surface area contributed by atoms with Crippen molar-refractivity contribution < 1.29 is 8.42 Å². The van der Waals surface area contributed by atoms with Crippen LogP contribution in [0.4, 0.5) is 11.4 Å². The summed E-state index contributed by atoms with van der Waals surface area (Å²) in [5.41, 5.74) is 1.47. The van der Waals surface area contributed by atoms with E-state index in [2.05, 4.69) is 15.0 Å². The standard InChI is InChI=1S/C12H15N3O2S2/c1-9(12-13-7-8-18-12)14-10-3-5-11(6-4-10)15-19(2,16)17/h3-9,14-15H,1-2H3. The van der Waals surface area contributed by atoms with Crippen LogP contribution >= 0.6 is 11.3 Å². The van der Waals surface area contributed by atoms with Crippen molar-refractivity contribution in [3.8, 4) is 0 Å². The van der Waals surface area contributed by atoms with Crippen LogP contribution < -0.4 is 10.0 Å². The quantitative estimate of drug-likeness (QED) is 0.890. The van der Waals surface area contributed by atoms with E-state index >= 15 is 0 Å². The van der Waals surface area contributed by atoms with Crippen molar-refractivity contribution in [2.24, 2.45) is 0 Å². The zero-order chi connectivity index (χ0) is 13.9. The van der Waals surface area contributed by atoms with Crippen molar-refractivity contribution in [3.63, 3.8) is 0 Å². The summed E-state index contributed by atoms with van der Waals surface area (Å²) in [4.78, 5) is 4.24. The van der Waals surface area contributed by atoms with Crippen LogP contribution in [0.15, 0.2) is 35.8 Å². The van der Waals surface area contributed by atoms with Crippen LogP contribution in [-0.4, -0.2) is 19.7 Å². The van der Waals surface area contributed by atoms with Crippen LogP contribution in [0.5, 0.6) is 0 Å². The number of hydrogen-bond acceptors (Lipinski definition) is 5. The predicted molar refractivity (Wildman–Crippen MR) is 79.1 cm³/mol. The normalized spacial score (nSPS) is 12.9. The predicted octanol–water partition coefficient (Wildman–Crippen LogP) is 2.69. The van der Waals surface area contributed by atoms with Gasteiger partial charge < -0.3 is 5.32 Å². The van der Waals surface area contributed by atoms with E-state index in [9.17, 15) is 8.42 Å². The Morgan fingerprint density at radius 2 is 1.84 bits per heavy atom. The third-order valence-corrected chi connectivity index (χ3v) is 3.96. The molecule has 0 radical (unpaired) electrons. The lowest BCUT2D eigenvalue weighted by Crippen LogP contribution is -2.10. The van der Waals surface area contributed by atoms with E-state index in [1.165, 1.54) is 0 Å². The number of sulfonamides is 1. The summed E-state index contributed by atoms with van der Waals surface area (Å²) in [5.74, 6) is 0. The fraction of sp³-hybridized carbons (Fsp3) is 0.250. The number of nitrogens with zero attached hydrogens (tertiary/aromatic N) is 1. The average Bonchev–Trinajstić information content (AvgIpc) is 2.83. The van der Waals surface area contributed by atoms with Crippen molar-refractivity contribution in [2.45, 2.75) is 13.0 Å². The summed E-state index contributed by atoms with van der Waals surface area (Å²) in [6.45, 7) is 2.03. The molecule has 0 aliphatic heterocycles. The molecule has 1 heterocycles. The molecule has 102 valence electrons. The highest BCUT2D eigenvalue weighted by atomic mass is 32.2. The first-order chi connectivity index (χ1) is 8.94. The second kappa shape index (κ2) is 5.58. The lowest BCUT2D eigenvalue weighted by molar-refractivity contribution is 0.607. The summed E-state index contributed by atoms with van der Waals surface area (Å²) >= 11 is 1.60. The zero-order valence-corrected chi connectivity index (χ0v) is 12.3. The number of thiazole rings is 1. The molecule has 2 rings (SSSR count). The van der Waals surface area contributed by atoms with Crippen LogP contribution in [0.2, 0.25) is 0 Å². The molecule has 0 bridgehead atoms. The van der Waals surface area contributed by atoms with Gasteiger partial charge in [-0.3, -0.25) is 4.72 Å². The molecule has 0 fully saturated rings. The third kappa shape index (κ3) is 4.22. The largest absolute Gasteiger partial charge is 0.376 e. The number of rotatable bonds is 5. The third-order valence-electron chi connectivity index (χ3n) is 2.39. The van der Waals surface area contributed by atoms with Crippen LogP contribution in [0, 0.1) is 0 Å². The van der Waals surface area contributed by atoms with E-state index in [1.54, 1.807) is 29.7 Å². The Hall–Kier alpha value is -1.60. The van der Waals surface area contributed by atoms with Gasteiger partial charge in [0.25, 0.3) is 0 Å². The number of benzene rings is 1. The molecule has 1 unspecified atom stereocenters. The minimum atomic E-state index is -3.23. The maximum atomic E-state index is 11.1. The Morgan fingerprint density at radius 3 is 2.37 bits per heavy atom. The van der Waals surface area contributed by atoms with Gasteiger partial charge >= 0.3 is 0 Å². The maximum Gasteiger partial charge on any atom is 0.229 e. The van der Waals surface area contributed by atoms with E-state index in [-0.39, 0.29) is 6.04 Å². The molecule has 2 N–H and O–H groups in total. The van der Waals surface area contributed by atoms with E-state index in [4.69, 9.17) is 0 Å². The van der Waals surface area contributed by atoms with E-state index in [0.717, 1.165) is 17.0 Å². The molecule has 19 heavy (non-hydrogen) atoms. The Bertz CT molecular complexity index is 622. The summed E-state index contributed by atoms with van der Waals surface area (Å²) in [6.07, 6.45) is 2.90. The minimum Gasteiger partial charge on any atom is -0.376 e. The minimum absolute atomic E-state index is 0.119. The van der Waals surface area contributed by atoms with Gasteiger partial charge in [-0.1, -0.05) is 0 Å². The van der Waals surface area contributed by atoms with Crippen molar-refractivity contribution in [1.29, 1.82) is 0 Å². The Labute approximate surface area is 116 Å². The average molecular weight is 297 g/mol. The summed E-state index contributed by atoms with van der Waals surface area (Å²) in [7, 11) is -3.23. The number of anilines is 2. The molecule has 7 heteroatoms. The van der Waals surface area contributed by atoms with Crippen LogP contribution in [-0.2, 0) is 10.0 Å². The highest BCUT2D eigenvalue weighted by Crippen LogP contribution is 2.22. The van der Waals surface area contributed by atoms with Crippen LogP contribution in [0.25, 0.3) is 0 Å². The van der Waals surface area contributed by atoms with Crippen molar-refractivity contribution in [3.05, 3.63) is 40.8 Å². The van der Waals surface area contributed by atoms with Crippen molar-refractivity contribution >= 4 is 32.7 Å². The Kier molecular flexibility index (Phi) is 4.06. The Balaban J connectivity index is 2.03. The zero-order valence-electron chi connectivity index (χ0n) is 10.6. The molecule has 0 spiro atoms. The van der Waals surface area contributed by atoms with Gasteiger partial charge in [0.1, 0.15) is 5.01 Å². The van der Waals surface area contributed by atoms with Gasteiger partial charge in [-0.15, -0.1) is 11.3 Å². The monoisotopic (exact) mass is 297 g/mol. The first-order valence-electron chi connectivity index (χ1n) is 5.68. The highest BCUT2D eigenvalue weighted by Gasteiger charge is 2.08. The van der Waals surface area contributed by atoms with Crippen LogP contribution in [0.1, 0.15) is 18.0 Å². The molecule has 1 aromatic heterocycles. The molecule has 0 amide bonds. The molecule has 2 aromatic rings. The smallest absolute Gasteiger partial charge is 0.229 e. The molecular weight excluding hydrogens is 282 g/mol. The molecule has 5 nitrogen and oxygen atoms in total. The lowest BCUT2D eigenvalue weighted by Gasteiger charge is -2.13. The van der Waals surface area contributed by atoms with E-state index < -0.39 is 10.0 Å². The summed E-state index contributed by atoms with van der Waals surface area (Å²) in [5, 5.41) is 6.25. The van der Waals surface area contributed by atoms with Gasteiger partial charge in [0.2, 0.25) is 10.0 Å². The summed E-state index contributed by atoms with van der Waals surface area (Å²) in [6, 6.07) is 7.22. The highest BCUT2D eigenvalue weighted by molar-refractivity contribution is 7.92. The Morgan fingerprint density at radius 1 is 1.21 bits per heavy atom.